The van der Waals surface area contributed by atoms with Gasteiger partial charge in [-0.15, -0.1) is 0 Å². The summed E-state index contributed by atoms with van der Waals surface area (Å²) in [4.78, 5) is 11.1. The van der Waals surface area contributed by atoms with Crippen molar-refractivity contribution in [1.29, 1.82) is 0 Å². The van der Waals surface area contributed by atoms with Crippen LogP contribution in [0, 0.1) is 6.92 Å². The topological polar surface area (TPSA) is 72.5 Å². The Hall–Kier alpha value is -2.20. The number of ether oxygens (including phenoxy) is 1. The molecule has 0 atom stereocenters. The van der Waals surface area contributed by atoms with Crippen molar-refractivity contribution in [2.45, 2.75) is 13.5 Å². The number of rotatable bonds is 4. The largest absolute Gasteiger partial charge is 0.488 e. The number of aromatic carboxylic acids is 1. The van der Waals surface area contributed by atoms with Gasteiger partial charge in [0.2, 0.25) is 0 Å². The molecule has 0 aromatic heterocycles. The van der Waals surface area contributed by atoms with Crippen molar-refractivity contribution in [3.05, 3.63) is 58.1 Å². The van der Waals surface area contributed by atoms with Gasteiger partial charge >= 0.3 is 5.97 Å². The van der Waals surface area contributed by atoms with E-state index in [2.05, 4.69) is 0 Å². The van der Waals surface area contributed by atoms with Crippen molar-refractivity contribution in [3.63, 3.8) is 0 Å². The molecule has 0 spiro atoms. The molecule has 0 fully saturated rings. The van der Waals surface area contributed by atoms with Crippen LogP contribution in [-0.2, 0) is 6.61 Å². The first-order chi connectivity index (χ1) is 9.47. The van der Waals surface area contributed by atoms with Gasteiger partial charge in [0.1, 0.15) is 17.9 Å². The molecule has 0 aliphatic carbocycles. The Bertz CT molecular complexity index is 656. The number of nitrogen functional groups attached to an aromatic ring is 1. The standard InChI is InChI=1S/C15H14ClNO3/c1-9-2-3-10(13(16)6-9)8-20-14-5-4-11(17)7-12(14)15(18)19/h2-7H,8,17H2,1H3,(H,18,19). The maximum atomic E-state index is 11.1. The SMILES string of the molecule is Cc1ccc(COc2ccc(N)cc2C(=O)O)c(Cl)c1. The molecule has 0 radical (unpaired) electrons. The highest BCUT2D eigenvalue weighted by Crippen LogP contribution is 2.24. The highest BCUT2D eigenvalue weighted by Gasteiger charge is 2.12. The molecule has 2 rings (SSSR count). The zero-order chi connectivity index (χ0) is 14.7. The van der Waals surface area contributed by atoms with E-state index in [-0.39, 0.29) is 17.9 Å². The minimum absolute atomic E-state index is 0.0354. The van der Waals surface area contributed by atoms with Gasteiger partial charge in [0, 0.05) is 16.3 Å². The van der Waals surface area contributed by atoms with Gasteiger partial charge < -0.3 is 15.6 Å². The second-order valence-corrected chi connectivity index (χ2v) is 4.85. The Morgan fingerprint density at radius 3 is 2.70 bits per heavy atom. The van der Waals surface area contributed by atoms with Gasteiger partial charge in [0.05, 0.1) is 0 Å². The highest BCUT2D eigenvalue weighted by atomic mass is 35.5. The molecular weight excluding hydrogens is 278 g/mol. The average molecular weight is 292 g/mol. The highest BCUT2D eigenvalue weighted by molar-refractivity contribution is 6.31. The van der Waals surface area contributed by atoms with Crippen molar-refractivity contribution in [1.82, 2.24) is 0 Å². The first-order valence-corrected chi connectivity index (χ1v) is 6.36. The molecule has 0 aliphatic heterocycles. The third kappa shape index (κ3) is 3.22. The van der Waals surface area contributed by atoms with Crippen LogP contribution in [0.3, 0.4) is 0 Å². The van der Waals surface area contributed by atoms with Gasteiger partial charge in [-0.05, 0) is 36.8 Å². The molecule has 0 heterocycles. The second kappa shape index (κ2) is 5.84. The van der Waals surface area contributed by atoms with Crippen LogP contribution in [0.2, 0.25) is 5.02 Å². The van der Waals surface area contributed by atoms with E-state index in [4.69, 9.17) is 27.2 Å². The average Bonchev–Trinajstić information content (AvgIpc) is 2.38. The molecule has 0 amide bonds. The number of anilines is 1. The van der Waals surface area contributed by atoms with E-state index in [1.54, 1.807) is 12.1 Å². The summed E-state index contributed by atoms with van der Waals surface area (Å²) in [6, 6.07) is 10.1. The van der Waals surface area contributed by atoms with Crippen LogP contribution in [0.25, 0.3) is 0 Å². The van der Waals surface area contributed by atoms with Gasteiger partial charge in [-0.1, -0.05) is 23.7 Å². The molecule has 0 bridgehead atoms. The van der Waals surface area contributed by atoms with E-state index in [1.807, 2.05) is 25.1 Å². The fraction of sp³-hybridized carbons (Fsp3) is 0.133. The predicted octanol–water partition coefficient (Wildman–Crippen LogP) is 3.51. The molecule has 0 saturated heterocycles. The summed E-state index contributed by atoms with van der Waals surface area (Å²) < 4.78 is 5.54. The van der Waals surface area contributed by atoms with E-state index in [0.29, 0.717) is 10.7 Å². The Morgan fingerprint density at radius 1 is 1.30 bits per heavy atom. The van der Waals surface area contributed by atoms with Gasteiger partial charge in [-0.2, -0.15) is 0 Å². The second-order valence-electron chi connectivity index (χ2n) is 4.44. The van der Waals surface area contributed by atoms with Gasteiger partial charge in [-0.25, -0.2) is 4.79 Å². The monoisotopic (exact) mass is 291 g/mol. The molecule has 5 heteroatoms. The Kier molecular flexibility index (Phi) is 4.15. The number of hydrogen-bond donors (Lipinski definition) is 2. The van der Waals surface area contributed by atoms with Gasteiger partial charge in [0.15, 0.2) is 0 Å². The third-order valence-corrected chi connectivity index (χ3v) is 3.18. The van der Waals surface area contributed by atoms with E-state index in [1.165, 1.54) is 6.07 Å². The maximum absolute atomic E-state index is 11.1. The summed E-state index contributed by atoms with van der Waals surface area (Å²) in [6.45, 7) is 2.14. The fourth-order valence-corrected chi connectivity index (χ4v) is 2.06. The first kappa shape index (κ1) is 14.2. The summed E-state index contributed by atoms with van der Waals surface area (Å²) in [5.74, 6) is -0.814. The van der Waals surface area contributed by atoms with Crippen LogP contribution in [0.4, 0.5) is 5.69 Å². The summed E-state index contributed by atoms with van der Waals surface area (Å²) in [6.07, 6.45) is 0. The van der Waals surface area contributed by atoms with Crippen LogP contribution in [-0.4, -0.2) is 11.1 Å². The van der Waals surface area contributed by atoms with E-state index < -0.39 is 5.97 Å². The lowest BCUT2D eigenvalue weighted by molar-refractivity contribution is 0.0692. The minimum atomic E-state index is -1.08. The number of nitrogens with two attached hydrogens (primary N) is 1. The van der Waals surface area contributed by atoms with Crippen molar-refractivity contribution in [2.24, 2.45) is 0 Å². The normalized spacial score (nSPS) is 10.3. The number of carbonyl (C=O) groups is 1. The number of benzene rings is 2. The van der Waals surface area contributed by atoms with E-state index in [0.717, 1.165) is 11.1 Å². The zero-order valence-electron chi connectivity index (χ0n) is 10.9. The molecular formula is C15H14ClNO3. The van der Waals surface area contributed by atoms with E-state index >= 15 is 0 Å². The van der Waals surface area contributed by atoms with Crippen LogP contribution in [0.1, 0.15) is 21.5 Å². The maximum Gasteiger partial charge on any atom is 0.339 e. The molecule has 2 aromatic carbocycles. The molecule has 0 aliphatic rings. The number of halogens is 1. The Labute approximate surface area is 121 Å². The first-order valence-electron chi connectivity index (χ1n) is 5.98. The summed E-state index contributed by atoms with van der Waals surface area (Å²) in [5.41, 5.74) is 7.84. The van der Waals surface area contributed by atoms with Gasteiger partial charge in [-0.3, -0.25) is 0 Å². The van der Waals surface area contributed by atoms with Crippen LogP contribution in [0.15, 0.2) is 36.4 Å². The molecule has 2 aromatic rings. The quantitative estimate of drug-likeness (QED) is 0.846. The zero-order valence-corrected chi connectivity index (χ0v) is 11.6. The molecule has 0 unspecified atom stereocenters. The summed E-state index contributed by atoms with van der Waals surface area (Å²) >= 11 is 6.11. The smallest absolute Gasteiger partial charge is 0.339 e. The number of carboxylic acids is 1. The van der Waals surface area contributed by atoms with Gasteiger partial charge in [0.25, 0.3) is 0 Å². The number of carboxylic acid groups (broad SMARTS) is 1. The predicted molar refractivity (Wildman–Crippen MR) is 78.3 cm³/mol. The Morgan fingerprint density at radius 2 is 2.05 bits per heavy atom. The lowest BCUT2D eigenvalue weighted by Gasteiger charge is -2.11. The van der Waals surface area contributed by atoms with Crippen molar-refractivity contribution in [3.8, 4) is 5.75 Å². The number of hydrogen-bond acceptors (Lipinski definition) is 3. The third-order valence-electron chi connectivity index (χ3n) is 2.83. The van der Waals surface area contributed by atoms with Crippen LogP contribution < -0.4 is 10.5 Å². The number of aryl methyl sites for hydroxylation is 1. The summed E-state index contributed by atoms with van der Waals surface area (Å²) in [7, 11) is 0. The molecule has 3 N–H and O–H groups in total. The van der Waals surface area contributed by atoms with Crippen molar-refractivity contribution < 1.29 is 14.6 Å². The molecule has 20 heavy (non-hydrogen) atoms. The lowest BCUT2D eigenvalue weighted by Crippen LogP contribution is -2.04. The fourth-order valence-electron chi connectivity index (χ4n) is 1.77. The molecule has 4 nitrogen and oxygen atoms in total. The summed E-state index contributed by atoms with van der Waals surface area (Å²) in [5, 5.41) is 9.71. The van der Waals surface area contributed by atoms with E-state index in [9.17, 15) is 4.79 Å². The van der Waals surface area contributed by atoms with Crippen LogP contribution >= 0.6 is 11.6 Å². The minimum Gasteiger partial charge on any atom is -0.488 e. The lowest BCUT2D eigenvalue weighted by atomic mass is 10.1. The van der Waals surface area contributed by atoms with Crippen molar-refractivity contribution in [2.75, 3.05) is 5.73 Å². The molecule has 0 saturated carbocycles. The van der Waals surface area contributed by atoms with Crippen molar-refractivity contribution >= 4 is 23.3 Å². The van der Waals surface area contributed by atoms with Crippen LogP contribution in [0.5, 0.6) is 5.75 Å². The molecule has 104 valence electrons. The Balaban J connectivity index is 2.20.